The standard InChI is InChI=1S/C12H22ClN3O2/c1-2-14-11(17)10-15-6-8-16(9-7-15)12(18)4-3-5-13/h2-10H2,1H3,(H,14,17). The van der Waals surface area contributed by atoms with Gasteiger partial charge in [0.05, 0.1) is 6.54 Å². The Bertz CT molecular complexity index is 278. The molecule has 0 saturated carbocycles. The molecule has 0 aromatic rings. The molecule has 1 heterocycles. The van der Waals surface area contributed by atoms with Crippen LogP contribution in [0.25, 0.3) is 0 Å². The summed E-state index contributed by atoms with van der Waals surface area (Å²) in [5, 5.41) is 2.78. The quantitative estimate of drug-likeness (QED) is 0.709. The van der Waals surface area contributed by atoms with Crippen molar-refractivity contribution in [3.63, 3.8) is 0 Å². The van der Waals surface area contributed by atoms with E-state index in [0.717, 1.165) is 19.5 Å². The van der Waals surface area contributed by atoms with Crippen LogP contribution in [-0.4, -0.2) is 66.8 Å². The van der Waals surface area contributed by atoms with Crippen molar-refractivity contribution < 1.29 is 9.59 Å². The van der Waals surface area contributed by atoms with Crippen molar-refractivity contribution in [1.82, 2.24) is 15.1 Å². The molecular weight excluding hydrogens is 254 g/mol. The van der Waals surface area contributed by atoms with Crippen LogP contribution in [0.4, 0.5) is 0 Å². The maximum Gasteiger partial charge on any atom is 0.234 e. The molecule has 18 heavy (non-hydrogen) atoms. The molecule has 2 amide bonds. The van der Waals surface area contributed by atoms with Crippen molar-refractivity contribution in [2.75, 3.05) is 45.1 Å². The number of rotatable bonds is 6. The van der Waals surface area contributed by atoms with Crippen molar-refractivity contribution in [1.29, 1.82) is 0 Å². The molecule has 5 nitrogen and oxygen atoms in total. The molecule has 1 aliphatic rings. The first-order chi connectivity index (χ1) is 8.67. The van der Waals surface area contributed by atoms with Gasteiger partial charge >= 0.3 is 0 Å². The van der Waals surface area contributed by atoms with Gasteiger partial charge in [-0.15, -0.1) is 11.6 Å². The minimum atomic E-state index is 0.0550. The molecule has 1 fully saturated rings. The smallest absolute Gasteiger partial charge is 0.234 e. The minimum absolute atomic E-state index is 0.0550. The monoisotopic (exact) mass is 275 g/mol. The molecule has 1 N–H and O–H groups in total. The van der Waals surface area contributed by atoms with Gasteiger partial charge in [0.1, 0.15) is 0 Å². The van der Waals surface area contributed by atoms with Crippen molar-refractivity contribution in [3.8, 4) is 0 Å². The molecule has 0 bridgehead atoms. The van der Waals surface area contributed by atoms with Crippen LogP contribution in [0.1, 0.15) is 19.8 Å². The van der Waals surface area contributed by atoms with Gasteiger partial charge in [0, 0.05) is 45.0 Å². The average molecular weight is 276 g/mol. The summed E-state index contributed by atoms with van der Waals surface area (Å²) in [6.45, 7) is 5.95. The highest BCUT2D eigenvalue weighted by Gasteiger charge is 2.21. The number of hydrogen-bond donors (Lipinski definition) is 1. The first-order valence-electron chi connectivity index (χ1n) is 6.50. The van der Waals surface area contributed by atoms with Crippen molar-refractivity contribution in [2.24, 2.45) is 0 Å². The van der Waals surface area contributed by atoms with E-state index in [2.05, 4.69) is 10.2 Å². The van der Waals surface area contributed by atoms with E-state index in [9.17, 15) is 9.59 Å². The van der Waals surface area contributed by atoms with Gasteiger partial charge in [-0.1, -0.05) is 0 Å². The van der Waals surface area contributed by atoms with Crippen molar-refractivity contribution in [2.45, 2.75) is 19.8 Å². The maximum atomic E-state index is 11.8. The molecule has 1 rings (SSSR count). The summed E-state index contributed by atoms with van der Waals surface area (Å²) < 4.78 is 0. The third-order valence-corrected chi connectivity index (χ3v) is 3.26. The largest absolute Gasteiger partial charge is 0.355 e. The van der Waals surface area contributed by atoms with Crippen LogP contribution in [-0.2, 0) is 9.59 Å². The average Bonchev–Trinajstić information content (AvgIpc) is 2.37. The fraction of sp³-hybridized carbons (Fsp3) is 0.833. The van der Waals surface area contributed by atoms with E-state index in [1.807, 2.05) is 11.8 Å². The molecule has 0 spiro atoms. The van der Waals surface area contributed by atoms with Gasteiger partial charge < -0.3 is 10.2 Å². The summed E-state index contributed by atoms with van der Waals surface area (Å²) >= 11 is 5.57. The fourth-order valence-corrected chi connectivity index (χ4v) is 2.12. The molecule has 6 heteroatoms. The van der Waals surface area contributed by atoms with Crippen LogP contribution in [0.5, 0.6) is 0 Å². The maximum absolute atomic E-state index is 11.8. The Morgan fingerprint density at radius 3 is 2.44 bits per heavy atom. The van der Waals surface area contributed by atoms with Crippen LogP contribution in [0.3, 0.4) is 0 Å². The van der Waals surface area contributed by atoms with Gasteiger partial charge in [-0.25, -0.2) is 0 Å². The van der Waals surface area contributed by atoms with E-state index >= 15 is 0 Å². The zero-order chi connectivity index (χ0) is 13.4. The van der Waals surface area contributed by atoms with Crippen molar-refractivity contribution in [3.05, 3.63) is 0 Å². The molecule has 1 aliphatic heterocycles. The van der Waals surface area contributed by atoms with E-state index in [-0.39, 0.29) is 11.8 Å². The zero-order valence-corrected chi connectivity index (χ0v) is 11.7. The number of likely N-dealkylation sites (N-methyl/N-ethyl adjacent to an activating group) is 1. The zero-order valence-electron chi connectivity index (χ0n) is 11.0. The van der Waals surface area contributed by atoms with Crippen LogP contribution < -0.4 is 5.32 Å². The normalized spacial score (nSPS) is 16.7. The van der Waals surface area contributed by atoms with E-state index in [0.29, 0.717) is 38.5 Å². The second-order valence-electron chi connectivity index (χ2n) is 4.40. The predicted molar refractivity (Wildman–Crippen MR) is 71.7 cm³/mol. The first-order valence-corrected chi connectivity index (χ1v) is 7.03. The number of halogens is 1. The first kappa shape index (κ1) is 15.2. The molecule has 1 saturated heterocycles. The molecule has 0 aromatic heterocycles. The van der Waals surface area contributed by atoms with E-state index < -0.39 is 0 Å². The van der Waals surface area contributed by atoms with Gasteiger partial charge in [-0.2, -0.15) is 0 Å². The summed E-state index contributed by atoms with van der Waals surface area (Å²) in [6, 6.07) is 0. The molecule has 0 atom stereocenters. The Kier molecular flexibility index (Phi) is 7.05. The highest BCUT2D eigenvalue weighted by molar-refractivity contribution is 6.17. The lowest BCUT2D eigenvalue weighted by Gasteiger charge is -2.34. The molecule has 0 radical (unpaired) electrons. The topological polar surface area (TPSA) is 52.7 Å². The second-order valence-corrected chi connectivity index (χ2v) is 4.78. The number of carbonyl (C=O) groups is 2. The van der Waals surface area contributed by atoms with Gasteiger partial charge in [-0.05, 0) is 13.3 Å². The van der Waals surface area contributed by atoms with E-state index in [1.54, 1.807) is 0 Å². The number of amides is 2. The summed E-state index contributed by atoms with van der Waals surface area (Å²) in [5.41, 5.74) is 0. The van der Waals surface area contributed by atoms with E-state index in [4.69, 9.17) is 11.6 Å². The van der Waals surface area contributed by atoms with E-state index in [1.165, 1.54) is 0 Å². The molecule has 0 unspecified atom stereocenters. The SMILES string of the molecule is CCNC(=O)CN1CCN(C(=O)CCCCl)CC1. The Hall–Kier alpha value is -0.810. The number of alkyl halides is 1. The summed E-state index contributed by atoms with van der Waals surface area (Å²) in [5.74, 6) is 0.760. The van der Waals surface area contributed by atoms with Gasteiger partial charge in [-0.3, -0.25) is 14.5 Å². The number of carbonyl (C=O) groups excluding carboxylic acids is 2. The highest BCUT2D eigenvalue weighted by Crippen LogP contribution is 2.05. The Morgan fingerprint density at radius 2 is 1.89 bits per heavy atom. The van der Waals surface area contributed by atoms with Crippen LogP contribution >= 0.6 is 11.6 Å². The second kappa shape index (κ2) is 8.32. The predicted octanol–water partition coefficient (Wildman–Crippen LogP) is 0.286. The lowest BCUT2D eigenvalue weighted by molar-refractivity contribution is -0.133. The third-order valence-electron chi connectivity index (χ3n) is 2.99. The number of hydrogen-bond acceptors (Lipinski definition) is 3. The number of nitrogens with one attached hydrogen (secondary N) is 1. The third kappa shape index (κ3) is 5.23. The van der Waals surface area contributed by atoms with Crippen LogP contribution in [0.2, 0.25) is 0 Å². The summed E-state index contributed by atoms with van der Waals surface area (Å²) in [7, 11) is 0. The summed E-state index contributed by atoms with van der Waals surface area (Å²) in [4.78, 5) is 27.1. The Balaban J connectivity index is 2.23. The lowest BCUT2D eigenvalue weighted by atomic mass is 10.2. The Morgan fingerprint density at radius 1 is 1.22 bits per heavy atom. The molecule has 0 aromatic carbocycles. The van der Waals surface area contributed by atoms with Gasteiger partial charge in [0.2, 0.25) is 11.8 Å². The Labute approximate surface area is 113 Å². The van der Waals surface area contributed by atoms with Crippen LogP contribution in [0.15, 0.2) is 0 Å². The molecule has 104 valence electrons. The lowest BCUT2D eigenvalue weighted by Crippen LogP contribution is -2.51. The van der Waals surface area contributed by atoms with Gasteiger partial charge in [0.25, 0.3) is 0 Å². The highest BCUT2D eigenvalue weighted by atomic mass is 35.5. The van der Waals surface area contributed by atoms with Crippen molar-refractivity contribution >= 4 is 23.4 Å². The minimum Gasteiger partial charge on any atom is -0.355 e. The number of piperazine rings is 1. The summed E-state index contributed by atoms with van der Waals surface area (Å²) in [6.07, 6.45) is 1.26. The molecular formula is C12H22ClN3O2. The fourth-order valence-electron chi connectivity index (χ4n) is 1.99. The van der Waals surface area contributed by atoms with Gasteiger partial charge in [0.15, 0.2) is 0 Å². The molecule has 0 aliphatic carbocycles. The van der Waals surface area contributed by atoms with Crippen LogP contribution in [0, 0.1) is 0 Å². The number of nitrogens with zero attached hydrogens (tertiary/aromatic N) is 2.